The summed E-state index contributed by atoms with van der Waals surface area (Å²) in [4.78, 5) is 0. The molecule has 0 aromatic heterocycles. The maximum atomic E-state index is 5.73. The summed E-state index contributed by atoms with van der Waals surface area (Å²) in [6.45, 7) is 4.57. The van der Waals surface area contributed by atoms with Gasteiger partial charge in [-0.15, -0.1) is 6.42 Å². The summed E-state index contributed by atoms with van der Waals surface area (Å²) >= 11 is 0. The molecule has 3 unspecified atom stereocenters. The van der Waals surface area contributed by atoms with Crippen LogP contribution in [0.25, 0.3) is 0 Å². The van der Waals surface area contributed by atoms with Crippen molar-refractivity contribution in [1.29, 1.82) is 0 Å². The summed E-state index contributed by atoms with van der Waals surface area (Å²) in [5.41, 5.74) is 4.11. The van der Waals surface area contributed by atoms with Gasteiger partial charge in [0.2, 0.25) is 0 Å². The molecule has 1 heterocycles. The van der Waals surface area contributed by atoms with Gasteiger partial charge in [-0.2, -0.15) is 0 Å². The van der Waals surface area contributed by atoms with Crippen molar-refractivity contribution in [2.24, 2.45) is 11.8 Å². The van der Waals surface area contributed by atoms with Gasteiger partial charge >= 0.3 is 0 Å². The fourth-order valence-electron chi connectivity index (χ4n) is 3.90. The highest BCUT2D eigenvalue weighted by Crippen LogP contribution is 2.49. The minimum atomic E-state index is 0.216. The van der Waals surface area contributed by atoms with Crippen LogP contribution in [0.3, 0.4) is 0 Å². The van der Waals surface area contributed by atoms with Crippen LogP contribution >= 0.6 is 0 Å². The van der Waals surface area contributed by atoms with E-state index in [0.29, 0.717) is 11.8 Å². The van der Waals surface area contributed by atoms with Gasteiger partial charge in [0.15, 0.2) is 0 Å². The molecule has 1 aliphatic heterocycles. The van der Waals surface area contributed by atoms with E-state index in [0.717, 1.165) is 5.92 Å². The minimum Gasteiger partial charge on any atom is -0.371 e. The van der Waals surface area contributed by atoms with Gasteiger partial charge < -0.3 is 5.32 Å². The van der Waals surface area contributed by atoms with Crippen LogP contribution in [-0.4, -0.2) is 6.04 Å². The van der Waals surface area contributed by atoms with Gasteiger partial charge in [-0.1, -0.05) is 43.4 Å². The zero-order valence-electron chi connectivity index (χ0n) is 11.2. The topological polar surface area (TPSA) is 12.0 Å². The summed E-state index contributed by atoms with van der Waals surface area (Å²) in [6.07, 6.45) is 9.66. The highest BCUT2D eigenvalue weighted by atomic mass is 14.9. The average Bonchev–Trinajstić information content (AvgIpc) is 2.38. The highest BCUT2D eigenvalue weighted by Gasteiger charge is 2.40. The number of rotatable bonds is 0. The fourth-order valence-corrected chi connectivity index (χ4v) is 3.90. The molecule has 0 radical (unpaired) electrons. The monoisotopic (exact) mass is 239 g/mol. The van der Waals surface area contributed by atoms with Gasteiger partial charge in [-0.05, 0) is 42.7 Å². The van der Waals surface area contributed by atoms with Gasteiger partial charge in [0.25, 0.3) is 0 Å². The molecule has 4 atom stereocenters. The zero-order valence-corrected chi connectivity index (χ0v) is 11.2. The molecule has 0 amide bonds. The summed E-state index contributed by atoms with van der Waals surface area (Å²) in [6, 6.07) is 6.95. The van der Waals surface area contributed by atoms with E-state index in [9.17, 15) is 0 Å². The lowest BCUT2D eigenvalue weighted by atomic mass is 9.65. The van der Waals surface area contributed by atoms with Crippen molar-refractivity contribution < 1.29 is 0 Å². The Morgan fingerprint density at radius 3 is 2.94 bits per heavy atom. The molecule has 0 saturated heterocycles. The number of hydrogen-bond acceptors (Lipinski definition) is 1. The quantitative estimate of drug-likeness (QED) is 0.676. The fraction of sp³-hybridized carbons (Fsp3) is 0.529. The number of benzene rings is 1. The van der Waals surface area contributed by atoms with E-state index in [1.807, 2.05) is 0 Å². The third-order valence-corrected chi connectivity index (χ3v) is 4.76. The van der Waals surface area contributed by atoms with E-state index in [-0.39, 0.29) is 6.04 Å². The summed E-state index contributed by atoms with van der Waals surface area (Å²) in [5.74, 6) is 4.99. The maximum absolute atomic E-state index is 5.73. The van der Waals surface area contributed by atoms with Crippen molar-refractivity contribution in [2.45, 2.75) is 45.1 Å². The van der Waals surface area contributed by atoms with Gasteiger partial charge in [0.1, 0.15) is 0 Å². The predicted octanol–water partition coefficient (Wildman–Crippen LogP) is 3.94. The van der Waals surface area contributed by atoms with Crippen molar-refractivity contribution in [2.75, 3.05) is 5.32 Å². The molecule has 1 N–H and O–H groups in total. The SMILES string of the molecule is C#C[C@@H]1Nc2ccc(C)cc2C2C(C)CCCC21. The number of terminal acetylenes is 1. The van der Waals surface area contributed by atoms with Crippen LogP contribution in [-0.2, 0) is 0 Å². The molecule has 3 rings (SSSR count). The van der Waals surface area contributed by atoms with E-state index in [2.05, 4.69) is 43.3 Å². The molecule has 18 heavy (non-hydrogen) atoms. The molecule has 1 nitrogen and oxygen atoms in total. The van der Waals surface area contributed by atoms with Crippen LogP contribution in [0, 0.1) is 31.1 Å². The first kappa shape index (κ1) is 11.7. The molecule has 1 aromatic rings. The molecule has 1 heteroatoms. The average molecular weight is 239 g/mol. The Balaban J connectivity index is 2.09. The first-order valence-corrected chi connectivity index (χ1v) is 7.04. The van der Waals surface area contributed by atoms with Gasteiger partial charge in [-0.25, -0.2) is 0 Å². The second kappa shape index (κ2) is 4.35. The Morgan fingerprint density at radius 2 is 2.17 bits per heavy atom. The van der Waals surface area contributed by atoms with Crippen molar-refractivity contribution >= 4 is 5.69 Å². The van der Waals surface area contributed by atoms with Gasteiger partial charge in [0, 0.05) is 5.69 Å². The van der Waals surface area contributed by atoms with Crippen LogP contribution in [0.5, 0.6) is 0 Å². The largest absolute Gasteiger partial charge is 0.371 e. The van der Waals surface area contributed by atoms with Crippen molar-refractivity contribution in [3.8, 4) is 12.3 Å². The molecule has 1 aliphatic carbocycles. The van der Waals surface area contributed by atoms with Crippen molar-refractivity contribution in [3.05, 3.63) is 29.3 Å². The lowest BCUT2D eigenvalue weighted by Crippen LogP contribution is -2.41. The number of anilines is 1. The maximum Gasteiger partial charge on any atom is 0.0908 e. The van der Waals surface area contributed by atoms with Crippen LogP contribution in [0.2, 0.25) is 0 Å². The molecule has 1 fully saturated rings. The predicted molar refractivity (Wildman–Crippen MR) is 76.7 cm³/mol. The van der Waals surface area contributed by atoms with Gasteiger partial charge in [0.05, 0.1) is 6.04 Å². The minimum absolute atomic E-state index is 0.216. The van der Waals surface area contributed by atoms with E-state index in [1.54, 1.807) is 0 Å². The van der Waals surface area contributed by atoms with E-state index in [1.165, 1.54) is 36.1 Å². The molecule has 2 aliphatic rings. The molecular weight excluding hydrogens is 218 g/mol. The Hall–Kier alpha value is -1.42. The third-order valence-electron chi connectivity index (χ3n) is 4.76. The standard InChI is InChI=1S/C17H21N/c1-4-15-13-7-5-6-12(3)17(13)14-10-11(2)8-9-16(14)18-15/h1,8-10,12-13,15,17-18H,5-7H2,2-3H3/t12?,13?,15-,17?/m0/s1. The normalized spacial score (nSPS) is 33.8. The second-order valence-corrected chi connectivity index (χ2v) is 5.98. The highest BCUT2D eigenvalue weighted by molar-refractivity contribution is 5.59. The van der Waals surface area contributed by atoms with Crippen LogP contribution in [0.15, 0.2) is 18.2 Å². The lowest BCUT2D eigenvalue weighted by molar-refractivity contribution is 0.219. The van der Waals surface area contributed by atoms with Crippen LogP contribution in [0.1, 0.15) is 43.2 Å². The number of aryl methyl sites for hydroxylation is 1. The molecule has 0 bridgehead atoms. The Labute approximate surface area is 110 Å². The van der Waals surface area contributed by atoms with Crippen molar-refractivity contribution in [1.82, 2.24) is 0 Å². The first-order valence-electron chi connectivity index (χ1n) is 7.04. The van der Waals surface area contributed by atoms with E-state index < -0.39 is 0 Å². The third kappa shape index (κ3) is 1.72. The molecule has 0 spiro atoms. The zero-order chi connectivity index (χ0) is 12.7. The first-order chi connectivity index (χ1) is 8.70. The Bertz CT molecular complexity index is 497. The molecule has 1 saturated carbocycles. The van der Waals surface area contributed by atoms with E-state index in [4.69, 9.17) is 6.42 Å². The summed E-state index contributed by atoms with van der Waals surface area (Å²) in [5, 5.41) is 3.56. The molecule has 1 aromatic carbocycles. The van der Waals surface area contributed by atoms with E-state index >= 15 is 0 Å². The summed E-state index contributed by atoms with van der Waals surface area (Å²) in [7, 11) is 0. The van der Waals surface area contributed by atoms with Crippen LogP contribution in [0.4, 0.5) is 5.69 Å². The summed E-state index contributed by atoms with van der Waals surface area (Å²) < 4.78 is 0. The van der Waals surface area contributed by atoms with Gasteiger partial charge in [-0.3, -0.25) is 0 Å². The Kier molecular flexibility index (Phi) is 2.82. The lowest BCUT2D eigenvalue weighted by Gasteiger charge is -2.44. The van der Waals surface area contributed by atoms with Crippen molar-refractivity contribution in [3.63, 3.8) is 0 Å². The second-order valence-electron chi connectivity index (χ2n) is 5.98. The smallest absolute Gasteiger partial charge is 0.0908 e. The molecule has 94 valence electrons. The molecular formula is C17H21N. The van der Waals surface area contributed by atoms with Crippen LogP contribution < -0.4 is 5.32 Å². The number of fused-ring (bicyclic) bond motifs is 3. The number of nitrogens with one attached hydrogen (secondary N) is 1. The number of hydrogen-bond donors (Lipinski definition) is 1. The Morgan fingerprint density at radius 1 is 1.33 bits per heavy atom.